The maximum absolute atomic E-state index is 4.29. The monoisotopic (exact) mass is 858 g/mol. The second-order valence-electron chi connectivity index (χ2n) is 18.5. The first-order valence-electron chi connectivity index (χ1n) is 23.4. The van der Waals surface area contributed by atoms with E-state index in [9.17, 15) is 0 Å². The van der Waals surface area contributed by atoms with Crippen molar-refractivity contribution in [3.05, 3.63) is 258 Å². The molecule has 0 bridgehead atoms. The molecule has 0 atom stereocenters. The molecule has 2 aliphatic rings. The summed E-state index contributed by atoms with van der Waals surface area (Å²) in [7, 11) is 0. The molecule has 1 N–H and O–H groups in total. The van der Waals surface area contributed by atoms with Crippen LogP contribution >= 0.6 is 0 Å². The van der Waals surface area contributed by atoms with Gasteiger partial charge < -0.3 is 9.88 Å². The number of para-hydroxylation sites is 1. The Labute approximate surface area is 393 Å². The van der Waals surface area contributed by atoms with E-state index in [1.807, 2.05) is 6.08 Å². The van der Waals surface area contributed by atoms with E-state index in [0.29, 0.717) is 0 Å². The largest absolute Gasteiger partial charge is 0.354 e. The molecule has 1 heterocycles. The Hall–Kier alpha value is -8.20. The molecule has 67 heavy (non-hydrogen) atoms. The van der Waals surface area contributed by atoms with Crippen molar-refractivity contribution in [3.8, 4) is 55.6 Å². The van der Waals surface area contributed by atoms with Crippen LogP contribution in [0.3, 0.4) is 0 Å². The number of benzene rings is 9. The first-order chi connectivity index (χ1) is 32.9. The summed E-state index contributed by atoms with van der Waals surface area (Å²) in [6.07, 6.45) is 5.09. The molecule has 2 heteroatoms. The summed E-state index contributed by atoms with van der Waals surface area (Å²) in [5.41, 5.74) is 27.1. The number of H-pyrrole nitrogens is 1. The van der Waals surface area contributed by atoms with Crippen molar-refractivity contribution in [2.45, 2.75) is 32.6 Å². The lowest BCUT2D eigenvalue weighted by Crippen LogP contribution is -2.14. The summed E-state index contributed by atoms with van der Waals surface area (Å²) < 4.78 is 0. The van der Waals surface area contributed by atoms with Crippen molar-refractivity contribution >= 4 is 39.6 Å². The van der Waals surface area contributed by atoms with Gasteiger partial charge in [0.05, 0.1) is 11.2 Å². The number of hydrogen-bond acceptors (Lipinski definition) is 1. The Morgan fingerprint density at radius 3 is 1.78 bits per heavy atom. The fourth-order valence-corrected chi connectivity index (χ4v) is 11.1. The van der Waals surface area contributed by atoms with Crippen LogP contribution in [0.2, 0.25) is 0 Å². The Bertz CT molecular complexity index is 3570. The Morgan fingerprint density at radius 2 is 1.06 bits per heavy atom. The van der Waals surface area contributed by atoms with Gasteiger partial charge >= 0.3 is 0 Å². The summed E-state index contributed by atoms with van der Waals surface area (Å²) in [5, 5.41) is 1.18. The molecular weight excluding hydrogens is 809 g/mol. The van der Waals surface area contributed by atoms with Gasteiger partial charge in [-0.2, -0.15) is 0 Å². The fraction of sp³-hybridized carbons (Fsp3) is 0.0769. The topological polar surface area (TPSA) is 19.0 Å². The molecule has 10 aromatic rings. The van der Waals surface area contributed by atoms with Crippen LogP contribution in [0.4, 0.5) is 17.1 Å². The van der Waals surface area contributed by atoms with Crippen LogP contribution in [0, 0.1) is 0 Å². The van der Waals surface area contributed by atoms with Crippen molar-refractivity contribution in [2.24, 2.45) is 0 Å². The summed E-state index contributed by atoms with van der Waals surface area (Å²) >= 11 is 0. The molecule has 0 aliphatic heterocycles. The number of aromatic nitrogens is 1. The zero-order valence-corrected chi connectivity index (χ0v) is 38.1. The molecule has 320 valence electrons. The quantitative estimate of drug-likeness (QED) is 0.153. The molecule has 0 spiro atoms. The average Bonchev–Trinajstić information content (AvgIpc) is 4.02. The van der Waals surface area contributed by atoms with E-state index >= 15 is 0 Å². The standard InChI is InChI=1S/C65H50N2/c1-5-52(63-53(6-2)58-24-15-23-57(64(58)66-63)44-19-11-8-12-20-44)46-31-37-54-47(39-46)40-48-41-51(36-38-55(48)54)67(49-32-27-43(28-33-49)42-17-9-7-10-18-42)50-34-29-45(30-35-50)56-22-16-26-61-62(56)59-21-13-14-25-60(59)65(61,3)4/h5-39,41,66H,2,40H2,1,3-4H3/b52-5-. The first-order valence-corrected chi connectivity index (χ1v) is 23.4. The van der Waals surface area contributed by atoms with Crippen LogP contribution in [-0.4, -0.2) is 4.98 Å². The van der Waals surface area contributed by atoms with E-state index < -0.39 is 0 Å². The van der Waals surface area contributed by atoms with Crippen molar-refractivity contribution in [1.29, 1.82) is 0 Å². The van der Waals surface area contributed by atoms with Gasteiger partial charge in [-0.1, -0.05) is 202 Å². The molecule has 0 fully saturated rings. The fourth-order valence-electron chi connectivity index (χ4n) is 11.1. The van der Waals surface area contributed by atoms with Crippen LogP contribution < -0.4 is 4.90 Å². The van der Waals surface area contributed by atoms with Gasteiger partial charge in [-0.05, 0) is 128 Å². The molecule has 0 saturated carbocycles. The van der Waals surface area contributed by atoms with E-state index in [1.54, 1.807) is 0 Å². The number of aromatic amines is 1. The lowest BCUT2D eigenvalue weighted by Gasteiger charge is -2.27. The van der Waals surface area contributed by atoms with Gasteiger partial charge in [-0.25, -0.2) is 0 Å². The Balaban J connectivity index is 0.904. The van der Waals surface area contributed by atoms with E-state index in [-0.39, 0.29) is 5.41 Å². The zero-order chi connectivity index (χ0) is 45.2. The summed E-state index contributed by atoms with van der Waals surface area (Å²) in [4.78, 5) is 6.28. The highest BCUT2D eigenvalue weighted by Crippen LogP contribution is 2.52. The third kappa shape index (κ3) is 6.63. The van der Waals surface area contributed by atoms with Crippen molar-refractivity contribution < 1.29 is 0 Å². The lowest BCUT2D eigenvalue weighted by atomic mass is 9.82. The number of hydrogen-bond donors (Lipinski definition) is 1. The van der Waals surface area contributed by atoms with Gasteiger partial charge in [0.2, 0.25) is 0 Å². The lowest BCUT2D eigenvalue weighted by molar-refractivity contribution is 0.660. The molecule has 2 nitrogen and oxygen atoms in total. The van der Waals surface area contributed by atoms with Crippen molar-refractivity contribution in [1.82, 2.24) is 4.98 Å². The second kappa shape index (κ2) is 16.0. The number of allylic oxidation sites excluding steroid dienone is 1. The first kappa shape index (κ1) is 40.3. The summed E-state index contributed by atoms with van der Waals surface area (Å²) in [6.45, 7) is 11.1. The highest BCUT2D eigenvalue weighted by molar-refractivity contribution is 6.04. The van der Waals surface area contributed by atoms with Crippen LogP contribution in [0.15, 0.2) is 219 Å². The molecule has 0 saturated heterocycles. The highest BCUT2D eigenvalue weighted by atomic mass is 15.1. The van der Waals surface area contributed by atoms with Crippen LogP contribution in [0.25, 0.3) is 78.2 Å². The van der Waals surface area contributed by atoms with E-state index in [1.165, 1.54) is 94.4 Å². The third-order valence-corrected chi connectivity index (χ3v) is 14.4. The molecule has 1 aromatic heterocycles. The van der Waals surface area contributed by atoms with Crippen molar-refractivity contribution in [2.75, 3.05) is 4.90 Å². The molecule has 0 radical (unpaired) electrons. The predicted octanol–water partition coefficient (Wildman–Crippen LogP) is 17.6. The second-order valence-corrected chi connectivity index (χ2v) is 18.5. The van der Waals surface area contributed by atoms with Gasteiger partial charge in [0.1, 0.15) is 0 Å². The Morgan fingerprint density at radius 1 is 0.507 bits per heavy atom. The maximum Gasteiger partial charge on any atom is 0.0544 e. The van der Waals surface area contributed by atoms with E-state index in [4.69, 9.17) is 0 Å². The minimum atomic E-state index is -0.0477. The highest BCUT2D eigenvalue weighted by Gasteiger charge is 2.36. The number of nitrogens with zero attached hydrogens (tertiary/aromatic N) is 1. The minimum Gasteiger partial charge on any atom is -0.354 e. The normalized spacial score (nSPS) is 13.2. The molecule has 12 rings (SSSR count). The van der Waals surface area contributed by atoms with Gasteiger partial charge in [0, 0.05) is 44.6 Å². The SMILES string of the molecule is C=Cc1c(/C(=C\C)c2ccc3c(c2)Cc2cc(N(c4ccc(-c5ccccc5)cc4)c4ccc(-c5cccc6c5-c5ccccc5C6(C)C)cc4)ccc2-3)[nH]c2c(-c3ccccc3)cccc12. The predicted molar refractivity (Wildman–Crippen MR) is 284 cm³/mol. The number of nitrogens with one attached hydrogen (secondary N) is 1. The van der Waals surface area contributed by atoms with Gasteiger partial charge in [0.25, 0.3) is 0 Å². The van der Waals surface area contributed by atoms with Gasteiger partial charge in [-0.3, -0.25) is 0 Å². The Kier molecular flexibility index (Phi) is 9.66. The van der Waals surface area contributed by atoms with E-state index in [2.05, 4.69) is 250 Å². The van der Waals surface area contributed by atoms with Crippen molar-refractivity contribution in [3.63, 3.8) is 0 Å². The average molecular weight is 859 g/mol. The molecule has 2 aliphatic carbocycles. The molecule has 0 unspecified atom stereocenters. The number of anilines is 3. The summed E-state index contributed by atoms with van der Waals surface area (Å²) in [5.74, 6) is 0. The van der Waals surface area contributed by atoms with Gasteiger partial charge in [-0.15, -0.1) is 0 Å². The zero-order valence-electron chi connectivity index (χ0n) is 38.1. The third-order valence-electron chi connectivity index (χ3n) is 14.4. The maximum atomic E-state index is 4.29. The van der Waals surface area contributed by atoms with Crippen LogP contribution in [0.5, 0.6) is 0 Å². The molecule has 9 aromatic carbocycles. The number of rotatable bonds is 9. The minimum absolute atomic E-state index is 0.0477. The van der Waals surface area contributed by atoms with E-state index in [0.717, 1.165) is 40.3 Å². The van der Waals surface area contributed by atoms with Gasteiger partial charge in [0.15, 0.2) is 0 Å². The van der Waals surface area contributed by atoms with Crippen LogP contribution in [0.1, 0.15) is 59.8 Å². The number of fused-ring (bicyclic) bond motifs is 7. The summed E-state index contributed by atoms with van der Waals surface area (Å²) in [6, 6.07) is 75.8. The molecular formula is C65H50N2. The van der Waals surface area contributed by atoms with Crippen LogP contribution in [-0.2, 0) is 11.8 Å². The molecule has 0 amide bonds. The smallest absolute Gasteiger partial charge is 0.0544 e.